The van der Waals surface area contributed by atoms with Gasteiger partial charge in [0.1, 0.15) is 5.76 Å². The van der Waals surface area contributed by atoms with Crippen LogP contribution in [0.25, 0.3) is 5.76 Å². The highest BCUT2D eigenvalue weighted by atomic mass is 35.5. The van der Waals surface area contributed by atoms with Gasteiger partial charge in [-0.25, -0.2) is 0 Å². The van der Waals surface area contributed by atoms with Crippen LogP contribution in [0.4, 0.5) is 0 Å². The fourth-order valence-corrected chi connectivity index (χ4v) is 2.09. The second-order valence-corrected chi connectivity index (χ2v) is 5.16. The first-order valence-corrected chi connectivity index (χ1v) is 6.27. The van der Waals surface area contributed by atoms with E-state index < -0.39 is 0 Å². The molecule has 0 unspecified atom stereocenters. The fourth-order valence-electron chi connectivity index (χ4n) is 1.76. The van der Waals surface area contributed by atoms with Crippen LogP contribution in [0.2, 0.25) is 10.0 Å². The number of ketones is 1. The molecule has 1 aromatic rings. The number of ether oxygens (including phenoxy) is 1. The van der Waals surface area contributed by atoms with Gasteiger partial charge in [0.05, 0.1) is 16.1 Å². The number of benzene rings is 1. The molecule has 0 fully saturated rings. The van der Waals surface area contributed by atoms with Crippen molar-refractivity contribution in [2.45, 2.75) is 20.0 Å². The van der Waals surface area contributed by atoms with E-state index in [1.54, 1.807) is 18.2 Å². The van der Waals surface area contributed by atoms with Crippen molar-refractivity contribution in [2.24, 2.45) is 0 Å². The normalized spacial score (nSPS) is 14.6. The van der Waals surface area contributed by atoms with Crippen LogP contribution in [-0.2, 0) is 4.74 Å². The van der Waals surface area contributed by atoms with Crippen molar-refractivity contribution in [3.8, 4) is 0 Å². The number of hydrogen-bond donors (Lipinski definition) is 0. The van der Waals surface area contributed by atoms with E-state index in [-0.39, 0.29) is 11.9 Å². The molecule has 0 heterocycles. The van der Waals surface area contributed by atoms with Gasteiger partial charge in [-0.3, -0.25) is 4.79 Å². The molecule has 0 bridgehead atoms. The van der Waals surface area contributed by atoms with Crippen LogP contribution in [0.5, 0.6) is 0 Å². The minimum absolute atomic E-state index is 0.000411. The topological polar surface area (TPSA) is 26.3 Å². The zero-order chi connectivity index (χ0) is 13.4. The van der Waals surface area contributed by atoms with Gasteiger partial charge in [-0.1, -0.05) is 29.8 Å². The number of fused-ring (bicyclic) bond motifs is 1. The fraction of sp³-hybridized carbons (Fsp3) is 0.214. The Morgan fingerprint density at radius 1 is 1.17 bits per heavy atom. The van der Waals surface area contributed by atoms with Crippen molar-refractivity contribution in [1.82, 2.24) is 0 Å². The SMILES string of the molecule is C=C1C=C(OC(C)C)c2cc(Cl)c(Cl)cc2C1=O. The number of halogens is 2. The van der Waals surface area contributed by atoms with E-state index in [1.165, 1.54) is 0 Å². The molecule has 0 aromatic heterocycles. The Hall–Kier alpha value is -1.25. The van der Waals surface area contributed by atoms with Crippen molar-refractivity contribution in [3.05, 3.63) is 51.5 Å². The Morgan fingerprint density at radius 2 is 1.72 bits per heavy atom. The molecule has 0 radical (unpaired) electrons. The van der Waals surface area contributed by atoms with Crippen LogP contribution in [0.1, 0.15) is 29.8 Å². The van der Waals surface area contributed by atoms with Crippen molar-refractivity contribution in [1.29, 1.82) is 0 Å². The molecule has 0 saturated heterocycles. The Labute approximate surface area is 116 Å². The highest BCUT2D eigenvalue weighted by Gasteiger charge is 2.25. The van der Waals surface area contributed by atoms with E-state index in [2.05, 4.69) is 6.58 Å². The van der Waals surface area contributed by atoms with Gasteiger partial charge in [0.15, 0.2) is 5.78 Å². The summed E-state index contributed by atoms with van der Waals surface area (Å²) in [4.78, 5) is 12.0. The lowest BCUT2D eigenvalue weighted by Crippen LogP contribution is -2.14. The lowest BCUT2D eigenvalue weighted by molar-refractivity contribution is 0.103. The van der Waals surface area contributed by atoms with Crippen LogP contribution in [0.3, 0.4) is 0 Å². The number of rotatable bonds is 2. The highest BCUT2D eigenvalue weighted by Crippen LogP contribution is 2.35. The van der Waals surface area contributed by atoms with Gasteiger partial charge >= 0.3 is 0 Å². The smallest absolute Gasteiger partial charge is 0.193 e. The maximum Gasteiger partial charge on any atom is 0.193 e. The molecule has 0 saturated carbocycles. The molecule has 4 heteroatoms. The number of Topliss-reactive ketones (excluding diaryl/α,β-unsaturated/α-hetero) is 1. The quantitative estimate of drug-likeness (QED) is 0.746. The van der Waals surface area contributed by atoms with E-state index in [9.17, 15) is 4.79 Å². The predicted octanol–water partition coefficient (Wildman–Crippen LogP) is 4.51. The third-order valence-corrected chi connectivity index (χ3v) is 3.25. The summed E-state index contributed by atoms with van der Waals surface area (Å²) in [5.41, 5.74) is 1.53. The number of hydrogen-bond acceptors (Lipinski definition) is 2. The first kappa shape index (κ1) is 13.2. The van der Waals surface area contributed by atoms with E-state index in [4.69, 9.17) is 27.9 Å². The highest BCUT2D eigenvalue weighted by molar-refractivity contribution is 6.42. The summed E-state index contributed by atoms with van der Waals surface area (Å²) in [6, 6.07) is 3.21. The molecule has 2 nitrogen and oxygen atoms in total. The largest absolute Gasteiger partial charge is 0.490 e. The van der Waals surface area contributed by atoms with Gasteiger partial charge in [-0.15, -0.1) is 0 Å². The Morgan fingerprint density at radius 3 is 2.28 bits per heavy atom. The number of carbonyl (C=O) groups excluding carboxylic acids is 1. The van der Waals surface area contributed by atoms with Crippen LogP contribution in [-0.4, -0.2) is 11.9 Å². The average Bonchev–Trinajstić information content (AvgIpc) is 2.28. The van der Waals surface area contributed by atoms with E-state index >= 15 is 0 Å². The summed E-state index contributed by atoms with van der Waals surface area (Å²) < 4.78 is 5.68. The van der Waals surface area contributed by atoms with Crippen molar-refractivity contribution < 1.29 is 9.53 Å². The lowest BCUT2D eigenvalue weighted by Gasteiger charge is -2.21. The molecule has 1 aromatic carbocycles. The number of carbonyl (C=O) groups is 1. The minimum atomic E-state index is -0.153. The summed E-state index contributed by atoms with van der Waals surface area (Å²) in [5, 5.41) is 0.747. The summed E-state index contributed by atoms with van der Waals surface area (Å²) in [7, 11) is 0. The van der Waals surface area contributed by atoms with E-state index in [0.717, 1.165) is 0 Å². The Kier molecular flexibility index (Phi) is 3.51. The molecule has 0 spiro atoms. The van der Waals surface area contributed by atoms with Crippen molar-refractivity contribution >= 4 is 34.7 Å². The van der Waals surface area contributed by atoms with Crippen molar-refractivity contribution in [3.63, 3.8) is 0 Å². The van der Waals surface area contributed by atoms with Gasteiger partial charge in [0, 0.05) is 16.7 Å². The molecule has 0 atom stereocenters. The van der Waals surface area contributed by atoms with Crippen molar-refractivity contribution in [2.75, 3.05) is 0 Å². The second-order valence-electron chi connectivity index (χ2n) is 4.34. The lowest BCUT2D eigenvalue weighted by atomic mass is 9.92. The molecular formula is C14H12Cl2O2. The van der Waals surface area contributed by atoms with Crippen LogP contribution in [0, 0.1) is 0 Å². The minimum Gasteiger partial charge on any atom is -0.490 e. The van der Waals surface area contributed by atoms with E-state index in [0.29, 0.717) is 32.5 Å². The molecule has 0 amide bonds. The zero-order valence-corrected chi connectivity index (χ0v) is 11.6. The summed E-state index contributed by atoms with van der Waals surface area (Å²) in [5.74, 6) is 0.447. The Bertz CT molecular complexity index is 571. The van der Waals surface area contributed by atoms with Gasteiger partial charge in [0.25, 0.3) is 0 Å². The molecular weight excluding hydrogens is 271 g/mol. The van der Waals surface area contributed by atoms with Gasteiger partial charge in [-0.05, 0) is 32.1 Å². The maximum absolute atomic E-state index is 12.0. The molecule has 94 valence electrons. The van der Waals surface area contributed by atoms with Gasteiger partial charge in [0.2, 0.25) is 0 Å². The van der Waals surface area contributed by atoms with Gasteiger partial charge in [-0.2, -0.15) is 0 Å². The molecule has 0 aliphatic heterocycles. The number of allylic oxidation sites excluding steroid dienone is 2. The predicted molar refractivity (Wildman–Crippen MR) is 74.1 cm³/mol. The average molecular weight is 283 g/mol. The summed E-state index contributed by atoms with van der Waals surface area (Å²) >= 11 is 11.9. The maximum atomic E-state index is 12.0. The van der Waals surface area contributed by atoms with E-state index in [1.807, 2.05) is 13.8 Å². The van der Waals surface area contributed by atoms with Crippen LogP contribution in [0.15, 0.2) is 30.4 Å². The molecule has 2 rings (SSSR count). The van der Waals surface area contributed by atoms with Crippen LogP contribution < -0.4 is 0 Å². The first-order valence-electron chi connectivity index (χ1n) is 5.51. The zero-order valence-electron chi connectivity index (χ0n) is 10.1. The first-order chi connectivity index (χ1) is 8.40. The molecule has 1 aliphatic rings. The molecule has 1 aliphatic carbocycles. The third kappa shape index (κ3) is 2.31. The van der Waals surface area contributed by atoms with Crippen LogP contribution >= 0.6 is 23.2 Å². The molecule has 0 N–H and O–H groups in total. The van der Waals surface area contributed by atoms with Gasteiger partial charge < -0.3 is 4.74 Å². The monoisotopic (exact) mass is 282 g/mol. The molecule has 18 heavy (non-hydrogen) atoms. The third-order valence-electron chi connectivity index (χ3n) is 2.53. The summed E-state index contributed by atoms with van der Waals surface area (Å²) in [6.07, 6.45) is 1.63. The Balaban J connectivity index is 2.60. The summed E-state index contributed by atoms with van der Waals surface area (Å²) in [6.45, 7) is 7.55. The standard InChI is InChI=1S/C14H12Cl2O2/c1-7(2)18-13-4-8(3)14(17)10-6-12(16)11(15)5-9(10)13/h4-7H,3H2,1-2H3. The second kappa shape index (κ2) is 4.79.